The van der Waals surface area contributed by atoms with Gasteiger partial charge in [-0.1, -0.05) is 64.8 Å². The number of carboxylic acids is 1. The van der Waals surface area contributed by atoms with Crippen LogP contribution in [-0.4, -0.2) is 35.1 Å². The fourth-order valence-corrected chi connectivity index (χ4v) is 5.60. The minimum atomic E-state index is -0.681. The van der Waals surface area contributed by atoms with Crippen LogP contribution in [0.3, 0.4) is 0 Å². The van der Waals surface area contributed by atoms with E-state index < -0.39 is 5.97 Å². The van der Waals surface area contributed by atoms with Gasteiger partial charge in [0.05, 0.1) is 0 Å². The molecule has 30 heavy (non-hydrogen) atoms. The summed E-state index contributed by atoms with van der Waals surface area (Å²) in [6.45, 7) is 2.09. The van der Waals surface area contributed by atoms with Crippen LogP contribution in [0.25, 0.3) is 5.57 Å². The number of rotatable bonds is 6. The Morgan fingerprint density at radius 3 is 2.80 bits per heavy atom. The third-order valence-electron chi connectivity index (χ3n) is 6.57. The molecule has 4 heteroatoms. The Balaban J connectivity index is 1.57. The van der Waals surface area contributed by atoms with E-state index in [1.165, 1.54) is 45.1 Å². The number of halogens is 1. The van der Waals surface area contributed by atoms with E-state index >= 15 is 0 Å². The van der Waals surface area contributed by atoms with Gasteiger partial charge in [-0.2, -0.15) is 0 Å². The highest BCUT2D eigenvalue weighted by atomic mass is 79.9. The molecule has 1 saturated heterocycles. The lowest BCUT2D eigenvalue weighted by atomic mass is 9.93. The number of hydrogen-bond acceptors (Lipinski definition) is 2. The summed E-state index contributed by atoms with van der Waals surface area (Å²) in [5, 5.41) is 9.08. The van der Waals surface area contributed by atoms with Gasteiger partial charge in [-0.15, -0.1) is 0 Å². The highest BCUT2D eigenvalue weighted by Gasteiger charge is 2.23. The van der Waals surface area contributed by atoms with Gasteiger partial charge in [-0.25, -0.2) is 0 Å². The molecule has 1 aliphatic heterocycles. The van der Waals surface area contributed by atoms with Gasteiger partial charge in [0, 0.05) is 23.5 Å². The third-order valence-corrected chi connectivity index (χ3v) is 7.31. The quantitative estimate of drug-likeness (QED) is 0.558. The zero-order valence-corrected chi connectivity index (χ0v) is 19.0. The Labute approximate surface area is 187 Å². The summed E-state index contributed by atoms with van der Waals surface area (Å²) in [6.07, 6.45) is 10.1. The molecule has 1 N–H and O–H groups in total. The molecule has 0 aromatic heterocycles. The number of nitrogens with zero attached hydrogens (tertiary/aromatic N) is 1. The number of fused-ring (bicyclic) bond motifs is 2. The second-order valence-electron chi connectivity index (χ2n) is 8.45. The molecule has 2 aromatic rings. The van der Waals surface area contributed by atoms with Crippen LogP contribution in [0.1, 0.15) is 60.8 Å². The Kier molecular flexibility index (Phi) is 7.06. The van der Waals surface area contributed by atoms with Crippen molar-refractivity contribution in [3.05, 3.63) is 75.3 Å². The Morgan fingerprint density at radius 2 is 1.93 bits per heavy atom. The van der Waals surface area contributed by atoms with Gasteiger partial charge in [0.15, 0.2) is 0 Å². The first-order valence-corrected chi connectivity index (χ1v) is 11.9. The van der Waals surface area contributed by atoms with Crippen molar-refractivity contribution in [2.45, 2.75) is 57.4 Å². The number of aliphatic carboxylic acids is 1. The van der Waals surface area contributed by atoms with E-state index in [2.05, 4.69) is 69.4 Å². The van der Waals surface area contributed by atoms with Crippen LogP contribution in [-0.2, 0) is 17.6 Å². The SMILES string of the molecule is O=C(O)CCC1CCCCN1CCC=C1c2ccccc2CCc2c(Br)cccc21. The normalized spacial score (nSPS) is 20.4. The number of likely N-dealkylation sites (tertiary alicyclic amines) is 1. The summed E-state index contributed by atoms with van der Waals surface area (Å²) >= 11 is 3.77. The minimum Gasteiger partial charge on any atom is -0.481 e. The smallest absolute Gasteiger partial charge is 0.303 e. The first-order valence-electron chi connectivity index (χ1n) is 11.2. The van der Waals surface area contributed by atoms with Gasteiger partial charge < -0.3 is 10.0 Å². The van der Waals surface area contributed by atoms with Gasteiger partial charge in [0.25, 0.3) is 0 Å². The van der Waals surface area contributed by atoms with Crippen LogP contribution in [0.15, 0.2) is 53.0 Å². The summed E-state index contributed by atoms with van der Waals surface area (Å²) in [5.74, 6) is -0.681. The molecule has 0 bridgehead atoms. The molecule has 0 amide bonds. The van der Waals surface area contributed by atoms with E-state index in [1.807, 2.05) is 0 Å². The molecular formula is C26H30BrNO2. The average molecular weight is 468 g/mol. The van der Waals surface area contributed by atoms with Crippen molar-refractivity contribution in [1.82, 2.24) is 4.90 Å². The molecule has 1 unspecified atom stereocenters. The van der Waals surface area contributed by atoms with Gasteiger partial charge >= 0.3 is 5.97 Å². The molecule has 1 atom stereocenters. The van der Waals surface area contributed by atoms with Crippen molar-refractivity contribution < 1.29 is 9.90 Å². The van der Waals surface area contributed by atoms with Crippen molar-refractivity contribution in [2.24, 2.45) is 0 Å². The molecule has 1 aliphatic carbocycles. The second kappa shape index (κ2) is 9.93. The predicted molar refractivity (Wildman–Crippen MR) is 126 cm³/mol. The van der Waals surface area contributed by atoms with Crippen LogP contribution >= 0.6 is 15.9 Å². The number of carbonyl (C=O) groups is 1. The van der Waals surface area contributed by atoms with Crippen molar-refractivity contribution in [3.8, 4) is 0 Å². The number of aryl methyl sites for hydroxylation is 1. The van der Waals surface area contributed by atoms with E-state index in [0.29, 0.717) is 6.04 Å². The second-order valence-corrected chi connectivity index (χ2v) is 9.30. The molecule has 2 aliphatic rings. The van der Waals surface area contributed by atoms with Crippen LogP contribution in [0.2, 0.25) is 0 Å². The lowest BCUT2D eigenvalue weighted by Crippen LogP contribution is -2.40. The first-order chi connectivity index (χ1) is 14.6. The Morgan fingerprint density at radius 1 is 1.10 bits per heavy atom. The fourth-order valence-electron chi connectivity index (χ4n) is 5.04. The molecule has 2 aromatic carbocycles. The fraction of sp³-hybridized carbons (Fsp3) is 0.423. The summed E-state index contributed by atoms with van der Waals surface area (Å²) in [5.41, 5.74) is 6.87. The predicted octanol–water partition coefficient (Wildman–Crippen LogP) is 6.09. The van der Waals surface area contributed by atoms with E-state index in [-0.39, 0.29) is 6.42 Å². The van der Waals surface area contributed by atoms with Crippen molar-refractivity contribution in [2.75, 3.05) is 13.1 Å². The first kappa shape index (κ1) is 21.3. The molecule has 1 fully saturated rings. The minimum absolute atomic E-state index is 0.275. The maximum Gasteiger partial charge on any atom is 0.303 e. The highest BCUT2D eigenvalue weighted by molar-refractivity contribution is 9.10. The number of carboxylic acid groups (broad SMARTS) is 1. The highest BCUT2D eigenvalue weighted by Crippen LogP contribution is 2.36. The molecule has 4 rings (SSSR count). The zero-order chi connectivity index (χ0) is 20.9. The molecule has 0 saturated carbocycles. The van der Waals surface area contributed by atoms with Gasteiger partial charge in [0.2, 0.25) is 0 Å². The zero-order valence-electron chi connectivity index (χ0n) is 17.4. The average Bonchev–Trinajstić information content (AvgIpc) is 2.91. The molecule has 0 spiro atoms. The molecular weight excluding hydrogens is 438 g/mol. The number of piperidine rings is 1. The van der Waals surface area contributed by atoms with Crippen LogP contribution in [0, 0.1) is 0 Å². The van der Waals surface area contributed by atoms with Crippen molar-refractivity contribution in [3.63, 3.8) is 0 Å². The van der Waals surface area contributed by atoms with Crippen LogP contribution < -0.4 is 0 Å². The standard InChI is InChI=1S/C26H30BrNO2/c27-25-12-5-10-23-22(21-9-2-1-7-19(21)13-15-24(23)25)11-6-18-28-17-4-3-8-20(28)14-16-26(29)30/h1-2,5,7,9-12,20H,3-4,6,8,13-18H2,(H,29,30). The van der Waals surface area contributed by atoms with E-state index in [9.17, 15) is 4.79 Å². The maximum atomic E-state index is 11.0. The molecule has 1 heterocycles. The summed E-state index contributed by atoms with van der Waals surface area (Å²) in [4.78, 5) is 13.6. The maximum absolute atomic E-state index is 11.0. The number of hydrogen-bond donors (Lipinski definition) is 1. The van der Waals surface area contributed by atoms with Crippen molar-refractivity contribution in [1.29, 1.82) is 0 Å². The summed E-state index contributed by atoms with van der Waals surface area (Å²) in [6, 6.07) is 15.7. The van der Waals surface area contributed by atoms with Crippen LogP contribution in [0.5, 0.6) is 0 Å². The van der Waals surface area contributed by atoms with Crippen molar-refractivity contribution >= 4 is 27.5 Å². The number of benzene rings is 2. The van der Waals surface area contributed by atoms with E-state index in [0.717, 1.165) is 45.2 Å². The lowest BCUT2D eigenvalue weighted by molar-refractivity contribution is -0.137. The summed E-state index contributed by atoms with van der Waals surface area (Å²) in [7, 11) is 0. The Hall–Kier alpha value is -1.91. The van der Waals surface area contributed by atoms with E-state index in [4.69, 9.17) is 5.11 Å². The monoisotopic (exact) mass is 467 g/mol. The van der Waals surface area contributed by atoms with Gasteiger partial charge in [-0.3, -0.25) is 4.79 Å². The van der Waals surface area contributed by atoms with Crippen LogP contribution in [0.4, 0.5) is 0 Å². The van der Waals surface area contributed by atoms with Gasteiger partial charge in [0.1, 0.15) is 0 Å². The lowest BCUT2D eigenvalue weighted by Gasteiger charge is -2.35. The largest absolute Gasteiger partial charge is 0.481 e. The summed E-state index contributed by atoms with van der Waals surface area (Å²) < 4.78 is 1.20. The van der Waals surface area contributed by atoms with Gasteiger partial charge in [-0.05, 0) is 79.0 Å². The molecule has 0 radical (unpaired) electrons. The Bertz CT molecular complexity index is 936. The third kappa shape index (κ3) is 4.87. The molecule has 158 valence electrons. The molecule has 3 nitrogen and oxygen atoms in total. The topological polar surface area (TPSA) is 40.5 Å². The van der Waals surface area contributed by atoms with E-state index in [1.54, 1.807) is 0 Å².